The highest BCUT2D eigenvalue weighted by atomic mass is 15.1. The zero-order valence-corrected chi connectivity index (χ0v) is 10.2. The van der Waals surface area contributed by atoms with Crippen LogP contribution in [0.4, 0.5) is 5.82 Å². The van der Waals surface area contributed by atoms with E-state index in [-0.39, 0.29) is 0 Å². The maximum atomic E-state index is 5.69. The smallest absolute Gasteiger partial charge is 0.123 e. The summed E-state index contributed by atoms with van der Waals surface area (Å²) in [7, 11) is 0. The number of pyridine rings is 1. The van der Waals surface area contributed by atoms with Crippen LogP contribution in [0, 0.1) is 0 Å². The van der Waals surface area contributed by atoms with Gasteiger partial charge in [-0.25, -0.2) is 4.98 Å². The SMILES string of the molecule is Nc1cc(-c2cc(C3CCNCC3)[nH]n2)ccn1. The van der Waals surface area contributed by atoms with Gasteiger partial charge in [0.25, 0.3) is 0 Å². The van der Waals surface area contributed by atoms with E-state index in [4.69, 9.17) is 5.73 Å². The molecule has 1 saturated heterocycles. The molecule has 0 saturated carbocycles. The molecule has 2 aromatic rings. The highest BCUT2D eigenvalue weighted by Crippen LogP contribution is 2.27. The molecule has 1 aliphatic heterocycles. The number of nitrogen functional groups attached to an aromatic ring is 1. The second-order valence-corrected chi connectivity index (χ2v) is 4.70. The van der Waals surface area contributed by atoms with Crippen molar-refractivity contribution < 1.29 is 0 Å². The van der Waals surface area contributed by atoms with E-state index in [1.165, 1.54) is 18.5 Å². The summed E-state index contributed by atoms with van der Waals surface area (Å²) in [4.78, 5) is 3.99. The zero-order chi connectivity index (χ0) is 12.4. The van der Waals surface area contributed by atoms with Gasteiger partial charge < -0.3 is 11.1 Å². The maximum Gasteiger partial charge on any atom is 0.123 e. The molecule has 2 aromatic heterocycles. The Balaban J connectivity index is 1.84. The van der Waals surface area contributed by atoms with Crippen LogP contribution in [-0.4, -0.2) is 28.3 Å². The number of H-pyrrole nitrogens is 1. The molecular weight excluding hydrogens is 226 g/mol. The Bertz CT molecular complexity index is 528. The molecule has 0 unspecified atom stereocenters. The molecule has 5 heteroatoms. The van der Waals surface area contributed by atoms with Gasteiger partial charge in [0.15, 0.2) is 0 Å². The highest BCUT2D eigenvalue weighted by Gasteiger charge is 2.17. The fourth-order valence-corrected chi connectivity index (χ4v) is 2.43. The van der Waals surface area contributed by atoms with Gasteiger partial charge >= 0.3 is 0 Å². The quantitative estimate of drug-likeness (QED) is 0.747. The lowest BCUT2D eigenvalue weighted by Crippen LogP contribution is -2.26. The Morgan fingerprint density at radius 3 is 2.83 bits per heavy atom. The average Bonchev–Trinajstić information content (AvgIpc) is 2.89. The van der Waals surface area contributed by atoms with Gasteiger partial charge in [0.05, 0.1) is 5.69 Å². The Labute approximate surface area is 106 Å². The Morgan fingerprint density at radius 1 is 1.22 bits per heavy atom. The number of anilines is 1. The van der Waals surface area contributed by atoms with E-state index < -0.39 is 0 Å². The number of nitrogens with zero attached hydrogens (tertiary/aromatic N) is 2. The first-order chi connectivity index (χ1) is 8.83. The van der Waals surface area contributed by atoms with Crippen LogP contribution in [0.2, 0.25) is 0 Å². The van der Waals surface area contributed by atoms with Crippen molar-refractivity contribution in [2.24, 2.45) is 0 Å². The molecule has 1 aliphatic rings. The molecule has 0 atom stereocenters. The lowest BCUT2D eigenvalue weighted by molar-refractivity contribution is 0.453. The van der Waals surface area contributed by atoms with Crippen LogP contribution >= 0.6 is 0 Å². The predicted octanol–water partition coefficient (Wildman–Crippen LogP) is 1.52. The summed E-state index contributed by atoms with van der Waals surface area (Å²) in [6.07, 6.45) is 4.05. The van der Waals surface area contributed by atoms with Crippen molar-refractivity contribution in [3.8, 4) is 11.3 Å². The van der Waals surface area contributed by atoms with Gasteiger partial charge in [0.1, 0.15) is 5.82 Å². The van der Waals surface area contributed by atoms with E-state index >= 15 is 0 Å². The molecule has 3 heterocycles. The van der Waals surface area contributed by atoms with Crippen LogP contribution in [0.5, 0.6) is 0 Å². The Kier molecular flexibility index (Phi) is 2.98. The third-order valence-corrected chi connectivity index (χ3v) is 3.45. The minimum absolute atomic E-state index is 0.527. The van der Waals surface area contributed by atoms with Crippen molar-refractivity contribution in [2.45, 2.75) is 18.8 Å². The minimum atomic E-state index is 0.527. The topological polar surface area (TPSA) is 79.6 Å². The molecule has 3 rings (SSSR count). The predicted molar refractivity (Wildman–Crippen MR) is 71.1 cm³/mol. The van der Waals surface area contributed by atoms with E-state index in [0.29, 0.717) is 11.7 Å². The van der Waals surface area contributed by atoms with Gasteiger partial charge in [0.2, 0.25) is 0 Å². The summed E-state index contributed by atoms with van der Waals surface area (Å²) in [5.41, 5.74) is 8.87. The van der Waals surface area contributed by atoms with Gasteiger partial charge in [-0.1, -0.05) is 0 Å². The molecule has 0 aliphatic carbocycles. The molecule has 94 valence electrons. The van der Waals surface area contributed by atoms with Crippen molar-refractivity contribution in [1.82, 2.24) is 20.5 Å². The Morgan fingerprint density at radius 2 is 2.06 bits per heavy atom. The molecule has 18 heavy (non-hydrogen) atoms. The number of aromatic amines is 1. The molecule has 0 radical (unpaired) electrons. The normalized spacial score (nSPS) is 16.9. The lowest BCUT2D eigenvalue weighted by Gasteiger charge is -2.20. The van der Waals surface area contributed by atoms with Crippen molar-refractivity contribution in [3.05, 3.63) is 30.1 Å². The van der Waals surface area contributed by atoms with Crippen LogP contribution in [0.15, 0.2) is 24.4 Å². The van der Waals surface area contributed by atoms with Gasteiger partial charge in [-0.2, -0.15) is 5.10 Å². The number of nitrogens with one attached hydrogen (secondary N) is 2. The highest BCUT2D eigenvalue weighted by molar-refractivity contribution is 5.62. The van der Waals surface area contributed by atoms with Crippen molar-refractivity contribution in [2.75, 3.05) is 18.8 Å². The fraction of sp³-hybridized carbons (Fsp3) is 0.385. The van der Waals surface area contributed by atoms with E-state index in [9.17, 15) is 0 Å². The molecule has 0 aromatic carbocycles. The molecule has 1 fully saturated rings. The Hall–Kier alpha value is -1.88. The summed E-state index contributed by atoms with van der Waals surface area (Å²) < 4.78 is 0. The van der Waals surface area contributed by atoms with Crippen molar-refractivity contribution in [3.63, 3.8) is 0 Å². The summed E-state index contributed by atoms with van der Waals surface area (Å²) in [6.45, 7) is 2.17. The van der Waals surface area contributed by atoms with Crippen LogP contribution < -0.4 is 11.1 Å². The fourth-order valence-electron chi connectivity index (χ4n) is 2.43. The van der Waals surface area contributed by atoms with Gasteiger partial charge in [-0.05, 0) is 44.1 Å². The molecular formula is C13H17N5. The first-order valence-electron chi connectivity index (χ1n) is 6.31. The van der Waals surface area contributed by atoms with Crippen LogP contribution in [0.3, 0.4) is 0 Å². The number of rotatable bonds is 2. The maximum absolute atomic E-state index is 5.69. The first kappa shape index (κ1) is 11.2. The summed E-state index contributed by atoms with van der Waals surface area (Å²) in [6, 6.07) is 5.91. The number of piperidine rings is 1. The van der Waals surface area contributed by atoms with E-state index in [2.05, 4.69) is 26.6 Å². The van der Waals surface area contributed by atoms with Crippen LogP contribution in [-0.2, 0) is 0 Å². The van der Waals surface area contributed by atoms with Crippen LogP contribution in [0.25, 0.3) is 11.3 Å². The number of hydrogen-bond donors (Lipinski definition) is 3. The zero-order valence-electron chi connectivity index (χ0n) is 10.2. The second kappa shape index (κ2) is 4.78. The molecule has 0 spiro atoms. The summed E-state index contributed by atoms with van der Waals surface area (Å²) >= 11 is 0. The van der Waals surface area contributed by atoms with Gasteiger partial charge in [-0.15, -0.1) is 0 Å². The lowest BCUT2D eigenvalue weighted by atomic mass is 9.94. The second-order valence-electron chi connectivity index (χ2n) is 4.70. The summed E-state index contributed by atoms with van der Waals surface area (Å²) in [5.74, 6) is 1.12. The van der Waals surface area contributed by atoms with E-state index in [0.717, 1.165) is 24.3 Å². The minimum Gasteiger partial charge on any atom is -0.384 e. The standard InChI is InChI=1S/C13H17N5/c14-13-7-10(3-6-16-13)12-8-11(17-18-12)9-1-4-15-5-2-9/h3,6-9,15H,1-2,4-5H2,(H2,14,16)(H,17,18). The number of hydrogen-bond acceptors (Lipinski definition) is 4. The first-order valence-corrected chi connectivity index (χ1v) is 6.31. The van der Waals surface area contributed by atoms with E-state index in [1.807, 2.05) is 12.1 Å². The average molecular weight is 243 g/mol. The van der Waals surface area contributed by atoms with E-state index in [1.54, 1.807) is 6.20 Å². The van der Waals surface area contributed by atoms with Crippen molar-refractivity contribution in [1.29, 1.82) is 0 Å². The van der Waals surface area contributed by atoms with Gasteiger partial charge in [-0.3, -0.25) is 5.10 Å². The number of aromatic nitrogens is 3. The molecule has 0 bridgehead atoms. The number of nitrogens with two attached hydrogens (primary N) is 1. The summed E-state index contributed by atoms with van der Waals surface area (Å²) in [5, 5.41) is 10.9. The van der Waals surface area contributed by atoms with Crippen LogP contribution in [0.1, 0.15) is 24.5 Å². The molecule has 0 amide bonds. The third-order valence-electron chi connectivity index (χ3n) is 3.45. The molecule has 4 N–H and O–H groups in total. The molecule has 5 nitrogen and oxygen atoms in total. The monoisotopic (exact) mass is 243 g/mol. The largest absolute Gasteiger partial charge is 0.384 e. The van der Waals surface area contributed by atoms with Gasteiger partial charge in [0, 0.05) is 23.4 Å². The van der Waals surface area contributed by atoms with Crippen molar-refractivity contribution >= 4 is 5.82 Å². The third kappa shape index (κ3) is 2.22.